The van der Waals surface area contributed by atoms with Gasteiger partial charge in [0.2, 0.25) is 10.0 Å². The van der Waals surface area contributed by atoms with E-state index in [0.29, 0.717) is 13.1 Å². The first-order valence-electron chi connectivity index (χ1n) is 6.34. The Morgan fingerprint density at radius 3 is 2.89 bits per heavy atom. The quantitative estimate of drug-likeness (QED) is 0.777. The molecule has 0 atom stereocenters. The molecule has 1 aromatic rings. The van der Waals surface area contributed by atoms with Gasteiger partial charge in [-0.25, -0.2) is 12.7 Å². The van der Waals surface area contributed by atoms with E-state index < -0.39 is 10.0 Å². The van der Waals surface area contributed by atoms with Gasteiger partial charge >= 0.3 is 0 Å². The van der Waals surface area contributed by atoms with Crippen LogP contribution in [-0.4, -0.2) is 45.7 Å². The number of hydrogen-bond acceptors (Lipinski definition) is 4. The smallest absolute Gasteiger partial charge is 0.214 e. The zero-order valence-corrected chi connectivity index (χ0v) is 12.2. The number of fused-ring (bicyclic) bond motifs is 1. The first-order chi connectivity index (χ1) is 8.99. The normalized spacial score (nSPS) is 14.5. The van der Waals surface area contributed by atoms with Gasteiger partial charge in [-0.2, -0.15) is 0 Å². The Labute approximate surface area is 114 Å². The molecule has 0 fully saturated rings. The molecule has 1 aliphatic rings. The van der Waals surface area contributed by atoms with Gasteiger partial charge in [-0.15, -0.1) is 0 Å². The summed E-state index contributed by atoms with van der Waals surface area (Å²) in [6.45, 7) is 1.89. The van der Waals surface area contributed by atoms with Crippen molar-refractivity contribution in [3.8, 4) is 5.75 Å². The summed E-state index contributed by atoms with van der Waals surface area (Å²) in [5, 5.41) is 3.16. The summed E-state index contributed by atoms with van der Waals surface area (Å²) >= 11 is 0. The molecule has 19 heavy (non-hydrogen) atoms. The van der Waals surface area contributed by atoms with Crippen molar-refractivity contribution in [2.45, 2.75) is 13.0 Å². The molecule has 5 nitrogen and oxygen atoms in total. The monoisotopic (exact) mass is 284 g/mol. The number of benzene rings is 1. The van der Waals surface area contributed by atoms with E-state index in [-0.39, 0.29) is 5.75 Å². The minimum atomic E-state index is -3.11. The molecule has 0 amide bonds. The van der Waals surface area contributed by atoms with Crippen LogP contribution in [0.2, 0.25) is 0 Å². The van der Waals surface area contributed by atoms with Crippen LogP contribution >= 0.6 is 0 Å². The Kier molecular flexibility index (Phi) is 4.44. The summed E-state index contributed by atoms with van der Waals surface area (Å²) in [6.07, 6.45) is 0.957. The Morgan fingerprint density at radius 2 is 2.16 bits per heavy atom. The van der Waals surface area contributed by atoms with Crippen molar-refractivity contribution in [2.24, 2.45) is 0 Å². The number of nitrogens with one attached hydrogen (secondary N) is 1. The molecule has 0 saturated carbocycles. The minimum absolute atomic E-state index is 0.119. The zero-order chi connectivity index (χ0) is 13.9. The van der Waals surface area contributed by atoms with Crippen LogP contribution in [0.4, 0.5) is 0 Å². The van der Waals surface area contributed by atoms with Crippen molar-refractivity contribution < 1.29 is 13.2 Å². The summed E-state index contributed by atoms with van der Waals surface area (Å²) in [5.41, 5.74) is 2.40. The van der Waals surface area contributed by atoms with E-state index in [9.17, 15) is 8.42 Å². The lowest BCUT2D eigenvalue weighted by Gasteiger charge is -2.11. The first kappa shape index (κ1) is 14.3. The van der Waals surface area contributed by atoms with Crippen molar-refractivity contribution in [1.82, 2.24) is 9.62 Å². The van der Waals surface area contributed by atoms with Crippen LogP contribution < -0.4 is 10.1 Å². The average Bonchev–Trinajstić information content (AvgIpc) is 2.81. The van der Waals surface area contributed by atoms with Crippen LogP contribution in [0.1, 0.15) is 11.1 Å². The maximum absolute atomic E-state index is 11.6. The highest BCUT2D eigenvalue weighted by molar-refractivity contribution is 7.89. The number of hydrogen-bond donors (Lipinski definition) is 1. The van der Waals surface area contributed by atoms with E-state index >= 15 is 0 Å². The van der Waals surface area contributed by atoms with Gasteiger partial charge in [-0.05, 0) is 17.2 Å². The van der Waals surface area contributed by atoms with E-state index in [1.807, 2.05) is 12.1 Å². The Balaban J connectivity index is 1.80. The molecule has 1 heterocycles. The summed E-state index contributed by atoms with van der Waals surface area (Å²) in [7, 11) is -0.00850. The predicted molar refractivity (Wildman–Crippen MR) is 74.8 cm³/mol. The molecule has 1 aromatic carbocycles. The fourth-order valence-electron chi connectivity index (χ4n) is 1.97. The topological polar surface area (TPSA) is 58.6 Å². The highest BCUT2D eigenvalue weighted by Crippen LogP contribution is 2.25. The SMILES string of the molecule is CN(C)S(=O)(=O)CCNCc1ccc2c(c1)CCO2. The number of ether oxygens (including phenoxy) is 1. The number of rotatable bonds is 6. The van der Waals surface area contributed by atoms with Crippen LogP contribution in [-0.2, 0) is 23.0 Å². The third-order valence-corrected chi connectivity index (χ3v) is 5.01. The van der Waals surface area contributed by atoms with E-state index in [0.717, 1.165) is 24.3 Å². The lowest BCUT2D eigenvalue weighted by molar-refractivity contribution is 0.357. The summed E-state index contributed by atoms with van der Waals surface area (Å²) < 4.78 is 29.8. The van der Waals surface area contributed by atoms with Gasteiger partial charge in [-0.3, -0.25) is 0 Å². The Bertz CT molecular complexity index is 541. The second-order valence-electron chi connectivity index (χ2n) is 4.82. The maximum atomic E-state index is 11.6. The van der Waals surface area contributed by atoms with Gasteiger partial charge in [0.25, 0.3) is 0 Å². The molecular formula is C13H20N2O3S. The van der Waals surface area contributed by atoms with Gasteiger partial charge < -0.3 is 10.1 Å². The second kappa shape index (κ2) is 5.90. The molecule has 0 saturated heterocycles. The molecule has 0 bridgehead atoms. The van der Waals surface area contributed by atoms with E-state index in [1.54, 1.807) is 14.1 Å². The summed E-state index contributed by atoms with van der Waals surface area (Å²) in [4.78, 5) is 0. The van der Waals surface area contributed by atoms with Gasteiger partial charge in [0.05, 0.1) is 12.4 Å². The molecule has 2 rings (SSSR count). The molecular weight excluding hydrogens is 264 g/mol. The molecule has 0 aliphatic carbocycles. The Morgan fingerprint density at radius 1 is 1.37 bits per heavy atom. The van der Waals surface area contributed by atoms with Crippen molar-refractivity contribution in [2.75, 3.05) is 33.0 Å². The summed E-state index contributed by atoms with van der Waals surface area (Å²) in [6, 6.07) is 6.11. The van der Waals surface area contributed by atoms with Gasteiger partial charge in [0.15, 0.2) is 0 Å². The van der Waals surface area contributed by atoms with Crippen LogP contribution in [0.5, 0.6) is 5.75 Å². The highest BCUT2D eigenvalue weighted by atomic mass is 32.2. The van der Waals surface area contributed by atoms with Crippen molar-refractivity contribution >= 4 is 10.0 Å². The van der Waals surface area contributed by atoms with Crippen LogP contribution in [0, 0.1) is 0 Å². The van der Waals surface area contributed by atoms with Crippen LogP contribution in [0.3, 0.4) is 0 Å². The summed E-state index contributed by atoms with van der Waals surface area (Å²) in [5.74, 6) is 1.09. The Hall–Kier alpha value is -1.11. The molecule has 0 spiro atoms. The first-order valence-corrected chi connectivity index (χ1v) is 7.95. The molecule has 0 unspecified atom stereocenters. The van der Waals surface area contributed by atoms with Gasteiger partial charge in [-0.1, -0.05) is 12.1 Å². The average molecular weight is 284 g/mol. The van der Waals surface area contributed by atoms with E-state index in [1.165, 1.54) is 9.87 Å². The van der Waals surface area contributed by atoms with Crippen LogP contribution in [0.15, 0.2) is 18.2 Å². The van der Waals surface area contributed by atoms with Crippen molar-refractivity contribution in [1.29, 1.82) is 0 Å². The van der Waals surface area contributed by atoms with E-state index in [2.05, 4.69) is 11.4 Å². The fraction of sp³-hybridized carbons (Fsp3) is 0.538. The minimum Gasteiger partial charge on any atom is -0.493 e. The lowest BCUT2D eigenvalue weighted by atomic mass is 10.1. The molecule has 0 aromatic heterocycles. The third-order valence-electron chi connectivity index (χ3n) is 3.18. The number of nitrogens with zero attached hydrogens (tertiary/aromatic N) is 1. The van der Waals surface area contributed by atoms with Crippen LogP contribution in [0.25, 0.3) is 0 Å². The van der Waals surface area contributed by atoms with Crippen molar-refractivity contribution in [3.05, 3.63) is 29.3 Å². The molecule has 106 valence electrons. The highest BCUT2D eigenvalue weighted by Gasteiger charge is 2.13. The van der Waals surface area contributed by atoms with Gasteiger partial charge in [0.1, 0.15) is 5.75 Å². The lowest BCUT2D eigenvalue weighted by Crippen LogP contribution is -2.31. The number of sulfonamides is 1. The fourth-order valence-corrected chi connectivity index (χ4v) is 2.73. The van der Waals surface area contributed by atoms with E-state index in [4.69, 9.17) is 4.74 Å². The third kappa shape index (κ3) is 3.68. The van der Waals surface area contributed by atoms with Gasteiger partial charge in [0, 0.05) is 33.6 Å². The predicted octanol–water partition coefficient (Wildman–Crippen LogP) is 0.603. The maximum Gasteiger partial charge on any atom is 0.214 e. The molecule has 0 radical (unpaired) electrons. The second-order valence-corrected chi connectivity index (χ2v) is 7.12. The standard InChI is InChI=1S/C13H20N2O3S/c1-15(2)19(16,17)8-6-14-10-11-3-4-13-12(9-11)5-7-18-13/h3-4,9,14H,5-8,10H2,1-2H3. The largest absolute Gasteiger partial charge is 0.493 e. The molecule has 1 aliphatic heterocycles. The molecule has 1 N–H and O–H groups in total. The zero-order valence-electron chi connectivity index (χ0n) is 11.3. The molecule has 6 heteroatoms. The van der Waals surface area contributed by atoms with Crippen molar-refractivity contribution in [3.63, 3.8) is 0 Å².